The maximum Gasteiger partial charge on any atom is 0.319 e. The Morgan fingerprint density at radius 2 is 2.11 bits per heavy atom. The number of aliphatic hydroxyl groups excluding tert-OH is 1. The van der Waals surface area contributed by atoms with Gasteiger partial charge in [-0.2, -0.15) is 0 Å². The third-order valence-electron chi connectivity index (χ3n) is 3.47. The van der Waals surface area contributed by atoms with E-state index >= 15 is 0 Å². The van der Waals surface area contributed by atoms with E-state index in [-0.39, 0.29) is 24.5 Å². The smallest absolute Gasteiger partial charge is 0.319 e. The lowest BCUT2D eigenvalue weighted by atomic mass is 9.87. The molecule has 0 aromatic heterocycles. The quantitative estimate of drug-likeness (QED) is 0.767. The number of aliphatic hydroxyl groups is 1. The Bertz CT molecular complexity index is 308. The number of piperidine rings is 1. The molecule has 2 N–H and O–H groups in total. The van der Waals surface area contributed by atoms with Crippen LogP contribution in [0, 0.1) is 11.8 Å². The van der Waals surface area contributed by atoms with Crippen LogP contribution >= 0.6 is 0 Å². The Morgan fingerprint density at radius 1 is 1.44 bits per heavy atom. The van der Waals surface area contributed by atoms with Gasteiger partial charge in [-0.15, -0.1) is 0 Å². The summed E-state index contributed by atoms with van der Waals surface area (Å²) in [7, 11) is 1.70. The highest BCUT2D eigenvalue weighted by Crippen LogP contribution is 2.24. The number of aliphatic carboxylic acids is 1. The zero-order valence-corrected chi connectivity index (χ0v) is 11.0. The first-order valence-corrected chi connectivity index (χ1v) is 6.31. The van der Waals surface area contributed by atoms with Crippen LogP contribution in [0.3, 0.4) is 0 Å². The van der Waals surface area contributed by atoms with E-state index in [2.05, 4.69) is 0 Å². The predicted octanol–water partition coefficient (Wildman–Crippen LogP) is 0.463. The average Bonchev–Trinajstić information content (AvgIpc) is 2.34. The molecule has 18 heavy (non-hydrogen) atoms. The Balaban J connectivity index is 2.50. The third-order valence-corrected chi connectivity index (χ3v) is 3.47. The molecule has 0 spiro atoms. The van der Waals surface area contributed by atoms with E-state index in [4.69, 9.17) is 10.2 Å². The topological polar surface area (TPSA) is 81.1 Å². The van der Waals surface area contributed by atoms with Crippen LogP contribution in [0.2, 0.25) is 0 Å². The number of rotatable bonds is 4. The summed E-state index contributed by atoms with van der Waals surface area (Å²) in [6.45, 7) is 3.42. The second-order valence-electron chi connectivity index (χ2n) is 4.94. The molecule has 2 unspecified atom stereocenters. The lowest BCUT2D eigenvalue weighted by Gasteiger charge is -2.37. The number of carboxylic acid groups (broad SMARTS) is 1. The summed E-state index contributed by atoms with van der Waals surface area (Å²) in [5, 5.41) is 17.7. The monoisotopic (exact) mass is 258 g/mol. The van der Waals surface area contributed by atoms with Crippen LogP contribution in [-0.4, -0.2) is 65.3 Å². The normalized spacial score (nSPS) is 23.8. The molecule has 1 aliphatic heterocycles. The van der Waals surface area contributed by atoms with Crippen molar-refractivity contribution in [2.24, 2.45) is 11.8 Å². The minimum atomic E-state index is -0.775. The zero-order chi connectivity index (χ0) is 13.7. The number of urea groups is 1. The number of likely N-dealkylation sites (tertiary alicyclic amines) is 1. The molecule has 2 atom stereocenters. The fraction of sp³-hybridized carbons (Fsp3) is 0.833. The van der Waals surface area contributed by atoms with Gasteiger partial charge in [-0.3, -0.25) is 4.79 Å². The molecule has 6 heteroatoms. The number of carbonyl (C=O) groups is 2. The van der Waals surface area contributed by atoms with Crippen LogP contribution < -0.4 is 0 Å². The van der Waals surface area contributed by atoms with E-state index in [1.54, 1.807) is 16.8 Å². The minimum absolute atomic E-state index is 0.0218. The summed E-state index contributed by atoms with van der Waals surface area (Å²) in [5.74, 6) is -1.15. The van der Waals surface area contributed by atoms with E-state index in [9.17, 15) is 9.59 Å². The number of nitrogens with zero attached hydrogens (tertiary/aromatic N) is 2. The summed E-state index contributed by atoms with van der Waals surface area (Å²) in [5.41, 5.74) is 0. The van der Waals surface area contributed by atoms with Gasteiger partial charge in [0.05, 0.1) is 5.92 Å². The zero-order valence-electron chi connectivity index (χ0n) is 11.0. The van der Waals surface area contributed by atoms with Gasteiger partial charge in [0.1, 0.15) is 0 Å². The van der Waals surface area contributed by atoms with Crippen molar-refractivity contribution >= 4 is 12.0 Å². The number of amides is 2. The fourth-order valence-corrected chi connectivity index (χ4v) is 2.33. The minimum Gasteiger partial charge on any atom is -0.481 e. The molecular weight excluding hydrogens is 236 g/mol. The van der Waals surface area contributed by atoms with Crippen LogP contribution in [0.15, 0.2) is 0 Å². The lowest BCUT2D eigenvalue weighted by Crippen LogP contribution is -2.49. The number of carbonyl (C=O) groups excluding carboxylic acids is 1. The van der Waals surface area contributed by atoms with Gasteiger partial charge >= 0.3 is 12.0 Å². The summed E-state index contributed by atoms with van der Waals surface area (Å²) >= 11 is 0. The molecule has 104 valence electrons. The molecule has 0 saturated carbocycles. The van der Waals surface area contributed by atoms with Gasteiger partial charge in [0.2, 0.25) is 0 Å². The highest BCUT2D eigenvalue weighted by Gasteiger charge is 2.33. The van der Waals surface area contributed by atoms with Crippen molar-refractivity contribution in [3.8, 4) is 0 Å². The molecule has 1 heterocycles. The van der Waals surface area contributed by atoms with Gasteiger partial charge in [0.15, 0.2) is 0 Å². The molecule has 2 amide bonds. The van der Waals surface area contributed by atoms with E-state index in [1.807, 2.05) is 6.92 Å². The maximum atomic E-state index is 12.0. The molecule has 0 aliphatic carbocycles. The number of carboxylic acids is 1. The fourth-order valence-electron chi connectivity index (χ4n) is 2.33. The van der Waals surface area contributed by atoms with Gasteiger partial charge in [-0.25, -0.2) is 4.79 Å². The predicted molar refractivity (Wildman–Crippen MR) is 66.2 cm³/mol. The molecule has 0 bridgehead atoms. The van der Waals surface area contributed by atoms with Crippen LogP contribution in [-0.2, 0) is 4.79 Å². The molecule has 6 nitrogen and oxygen atoms in total. The molecule has 0 radical (unpaired) electrons. The van der Waals surface area contributed by atoms with Crippen LogP contribution in [0.4, 0.5) is 4.79 Å². The molecular formula is C12H22N2O4. The lowest BCUT2D eigenvalue weighted by molar-refractivity contribution is -0.145. The van der Waals surface area contributed by atoms with Crippen LogP contribution in [0.25, 0.3) is 0 Å². The molecule has 1 saturated heterocycles. The molecule has 0 aromatic carbocycles. The van der Waals surface area contributed by atoms with Gasteiger partial charge in [0.25, 0.3) is 0 Å². The molecule has 1 rings (SSSR count). The molecule has 1 fully saturated rings. The Morgan fingerprint density at radius 3 is 2.61 bits per heavy atom. The average molecular weight is 258 g/mol. The Kier molecular flexibility index (Phi) is 5.40. The van der Waals surface area contributed by atoms with Crippen LogP contribution in [0.5, 0.6) is 0 Å². The van der Waals surface area contributed by atoms with Gasteiger partial charge in [0, 0.05) is 33.3 Å². The second-order valence-corrected chi connectivity index (χ2v) is 4.94. The standard InChI is InChI=1S/C12H22N2O4/c1-9-8-14(6-4-10(9)11(16)17)12(18)13(2)5-3-7-15/h9-10,15H,3-8H2,1-2H3,(H,16,17). The van der Waals surface area contributed by atoms with Crippen molar-refractivity contribution in [1.29, 1.82) is 0 Å². The maximum absolute atomic E-state index is 12.0. The van der Waals surface area contributed by atoms with Crippen molar-refractivity contribution in [2.75, 3.05) is 33.3 Å². The van der Waals surface area contributed by atoms with Crippen molar-refractivity contribution < 1.29 is 19.8 Å². The first kappa shape index (κ1) is 14.8. The van der Waals surface area contributed by atoms with E-state index in [1.165, 1.54) is 0 Å². The van der Waals surface area contributed by atoms with Gasteiger partial charge in [-0.05, 0) is 18.8 Å². The van der Waals surface area contributed by atoms with Crippen molar-refractivity contribution in [3.05, 3.63) is 0 Å². The summed E-state index contributed by atoms with van der Waals surface area (Å²) in [6.07, 6.45) is 1.07. The van der Waals surface area contributed by atoms with E-state index in [0.717, 1.165) is 0 Å². The second kappa shape index (κ2) is 6.58. The largest absolute Gasteiger partial charge is 0.481 e. The Labute approximate surface area is 107 Å². The summed E-state index contributed by atoms with van der Waals surface area (Å²) in [4.78, 5) is 26.3. The molecule has 1 aliphatic rings. The van der Waals surface area contributed by atoms with E-state index < -0.39 is 5.97 Å². The molecule has 0 aromatic rings. The summed E-state index contributed by atoms with van der Waals surface area (Å²) < 4.78 is 0. The van der Waals surface area contributed by atoms with Gasteiger partial charge < -0.3 is 20.0 Å². The number of hydrogen-bond acceptors (Lipinski definition) is 3. The van der Waals surface area contributed by atoms with Gasteiger partial charge in [-0.1, -0.05) is 6.92 Å². The number of hydrogen-bond donors (Lipinski definition) is 2. The first-order valence-electron chi connectivity index (χ1n) is 6.31. The third kappa shape index (κ3) is 3.60. The van der Waals surface area contributed by atoms with Crippen LogP contribution in [0.1, 0.15) is 19.8 Å². The highest BCUT2D eigenvalue weighted by atomic mass is 16.4. The first-order chi connectivity index (χ1) is 8.47. The highest BCUT2D eigenvalue weighted by molar-refractivity contribution is 5.75. The van der Waals surface area contributed by atoms with Crippen molar-refractivity contribution in [2.45, 2.75) is 19.8 Å². The van der Waals surface area contributed by atoms with Crippen molar-refractivity contribution in [3.63, 3.8) is 0 Å². The summed E-state index contributed by atoms with van der Waals surface area (Å²) in [6, 6.07) is -0.0841. The Hall–Kier alpha value is -1.30. The SMILES string of the molecule is CC1CN(C(=O)N(C)CCCO)CCC1C(=O)O. The van der Waals surface area contributed by atoms with Crippen molar-refractivity contribution in [1.82, 2.24) is 9.80 Å². The van der Waals surface area contributed by atoms with E-state index in [0.29, 0.717) is 32.5 Å².